The van der Waals surface area contributed by atoms with Gasteiger partial charge in [-0.15, -0.1) is 11.3 Å². The summed E-state index contributed by atoms with van der Waals surface area (Å²) in [6.07, 6.45) is 0. The van der Waals surface area contributed by atoms with Crippen molar-refractivity contribution in [2.75, 3.05) is 19.0 Å². The number of carbonyl (C=O) groups excluding carboxylic acids is 2. The Morgan fingerprint density at radius 2 is 2.08 bits per heavy atom. The second-order valence-electron chi connectivity index (χ2n) is 5.02. The molecule has 0 aliphatic heterocycles. The van der Waals surface area contributed by atoms with Crippen LogP contribution in [0.3, 0.4) is 0 Å². The van der Waals surface area contributed by atoms with Crippen molar-refractivity contribution in [1.82, 2.24) is 0 Å². The molecule has 2 aromatic rings. The van der Waals surface area contributed by atoms with Gasteiger partial charge in [0.15, 0.2) is 6.61 Å². The number of ether oxygens (including phenoxy) is 2. The second kappa shape index (κ2) is 7.62. The molecular formula is C17H16N2O4S. The van der Waals surface area contributed by atoms with E-state index in [0.29, 0.717) is 21.2 Å². The molecular weight excluding hydrogens is 328 g/mol. The number of aryl methyl sites for hydroxylation is 1. The van der Waals surface area contributed by atoms with Crippen molar-refractivity contribution in [3.63, 3.8) is 0 Å². The minimum absolute atomic E-state index is 0.196. The number of carbonyl (C=O) groups is 2. The van der Waals surface area contributed by atoms with Crippen molar-refractivity contribution in [2.45, 2.75) is 13.8 Å². The van der Waals surface area contributed by atoms with Crippen LogP contribution in [0.15, 0.2) is 24.3 Å². The Balaban J connectivity index is 2.09. The lowest BCUT2D eigenvalue weighted by molar-refractivity contribution is -0.118. The highest BCUT2D eigenvalue weighted by Crippen LogP contribution is 2.32. The molecule has 0 radical (unpaired) electrons. The Bertz CT molecular complexity index is 820. The van der Waals surface area contributed by atoms with Gasteiger partial charge in [-0.3, -0.25) is 4.79 Å². The van der Waals surface area contributed by atoms with Crippen molar-refractivity contribution in [1.29, 1.82) is 5.26 Å². The fraction of sp³-hybridized carbons (Fsp3) is 0.235. The number of thiophene rings is 1. The van der Waals surface area contributed by atoms with E-state index in [4.69, 9.17) is 4.74 Å². The van der Waals surface area contributed by atoms with E-state index in [1.54, 1.807) is 13.0 Å². The number of hydrogen-bond donors (Lipinski definition) is 1. The Morgan fingerprint density at radius 3 is 2.71 bits per heavy atom. The molecule has 1 aromatic carbocycles. The maximum Gasteiger partial charge on any atom is 0.348 e. The summed E-state index contributed by atoms with van der Waals surface area (Å²) in [5, 5.41) is 12.2. The summed E-state index contributed by atoms with van der Waals surface area (Å²) in [5.41, 5.74) is 1.77. The molecule has 0 unspecified atom stereocenters. The van der Waals surface area contributed by atoms with Gasteiger partial charge in [0.1, 0.15) is 21.7 Å². The molecule has 1 N–H and O–H groups in total. The summed E-state index contributed by atoms with van der Waals surface area (Å²) in [5.74, 6) is -0.362. The van der Waals surface area contributed by atoms with Gasteiger partial charge < -0.3 is 14.8 Å². The highest BCUT2D eigenvalue weighted by Gasteiger charge is 2.21. The molecule has 0 atom stereocenters. The van der Waals surface area contributed by atoms with Crippen LogP contribution < -0.4 is 10.1 Å². The molecule has 1 aromatic heterocycles. The van der Waals surface area contributed by atoms with Crippen LogP contribution in [0.4, 0.5) is 5.00 Å². The summed E-state index contributed by atoms with van der Waals surface area (Å²) in [6.45, 7) is 3.37. The first-order valence-corrected chi connectivity index (χ1v) is 7.89. The molecule has 0 bridgehead atoms. The van der Waals surface area contributed by atoms with E-state index in [2.05, 4.69) is 10.1 Å². The van der Waals surface area contributed by atoms with Crippen LogP contribution in [0.25, 0.3) is 0 Å². The van der Waals surface area contributed by atoms with Crippen LogP contribution in [0, 0.1) is 25.2 Å². The summed E-state index contributed by atoms with van der Waals surface area (Å²) in [4.78, 5) is 24.0. The van der Waals surface area contributed by atoms with Crippen molar-refractivity contribution in [2.24, 2.45) is 0 Å². The second-order valence-corrected chi connectivity index (χ2v) is 6.04. The zero-order valence-electron chi connectivity index (χ0n) is 13.5. The van der Waals surface area contributed by atoms with Gasteiger partial charge in [-0.05, 0) is 37.1 Å². The van der Waals surface area contributed by atoms with E-state index in [1.807, 2.05) is 31.2 Å². The molecule has 0 aliphatic carbocycles. The van der Waals surface area contributed by atoms with Crippen LogP contribution >= 0.6 is 11.3 Å². The molecule has 0 saturated heterocycles. The van der Waals surface area contributed by atoms with Crippen LogP contribution in [0.1, 0.15) is 26.4 Å². The van der Waals surface area contributed by atoms with Gasteiger partial charge >= 0.3 is 5.97 Å². The topological polar surface area (TPSA) is 88.4 Å². The highest BCUT2D eigenvalue weighted by molar-refractivity contribution is 7.18. The van der Waals surface area contributed by atoms with Crippen molar-refractivity contribution in [3.8, 4) is 11.8 Å². The maximum atomic E-state index is 12.0. The van der Waals surface area contributed by atoms with Crippen LogP contribution in [0.5, 0.6) is 5.75 Å². The van der Waals surface area contributed by atoms with E-state index < -0.39 is 11.9 Å². The van der Waals surface area contributed by atoms with Crippen LogP contribution in [0.2, 0.25) is 0 Å². The van der Waals surface area contributed by atoms with E-state index in [1.165, 1.54) is 7.11 Å². The molecule has 1 amide bonds. The van der Waals surface area contributed by atoms with Gasteiger partial charge in [0.25, 0.3) is 5.91 Å². The molecule has 0 fully saturated rings. The predicted octanol–water partition coefficient (Wildman–Crippen LogP) is 3.04. The smallest absolute Gasteiger partial charge is 0.348 e. The molecule has 0 spiro atoms. The van der Waals surface area contributed by atoms with E-state index >= 15 is 0 Å². The maximum absolute atomic E-state index is 12.0. The third kappa shape index (κ3) is 3.91. The quantitative estimate of drug-likeness (QED) is 0.842. The van der Waals surface area contributed by atoms with Crippen LogP contribution in [-0.2, 0) is 9.53 Å². The first kappa shape index (κ1) is 17.5. The van der Waals surface area contributed by atoms with E-state index in [0.717, 1.165) is 16.9 Å². The van der Waals surface area contributed by atoms with Gasteiger partial charge in [0.2, 0.25) is 0 Å². The number of rotatable bonds is 5. The number of hydrogen-bond acceptors (Lipinski definition) is 6. The summed E-state index contributed by atoms with van der Waals surface area (Å²) in [7, 11) is 1.27. The van der Waals surface area contributed by atoms with Gasteiger partial charge in [-0.2, -0.15) is 5.26 Å². The monoisotopic (exact) mass is 344 g/mol. The number of esters is 1. The molecule has 0 saturated carbocycles. The predicted molar refractivity (Wildman–Crippen MR) is 90.4 cm³/mol. The number of benzene rings is 1. The number of nitriles is 1. The van der Waals surface area contributed by atoms with E-state index in [9.17, 15) is 14.9 Å². The molecule has 124 valence electrons. The zero-order chi connectivity index (χ0) is 17.7. The number of amides is 1. The normalized spacial score (nSPS) is 9.92. The SMILES string of the molecule is COC(=O)c1sc(NC(=O)COc2cccc(C)c2)c(C#N)c1C. The highest BCUT2D eigenvalue weighted by atomic mass is 32.1. The lowest BCUT2D eigenvalue weighted by Crippen LogP contribution is -2.20. The largest absolute Gasteiger partial charge is 0.484 e. The Morgan fingerprint density at radius 1 is 1.33 bits per heavy atom. The number of anilines is 1. The minimum atomic E-state index is -0.537. The lowest BCUT2D eigenvalue weighted by Gasteiger charge is -2.07. The van der Waals surface area contributed by atoms with E-state index in [-0.39, 0.29) is 12.2 Å². The zero-order valence-corrected chi connectivity index (χ0v) is 14.3. The third-order valence-electron chi connectivity index (χ3n) is 3.24. The standard InChI is InChI=1S/C17H16N2O4S/c1-10-5-4-6-12(7-10)23-9-14(20)19-16-13(8-18)11(2)15(24-16)17(21)22-3/h4-7H,9H2,1-3H3,(H,19,20). The van der Waals surface area contributed by atoms with Crippen molar-refractivity contribution < 1.29 is 19.1 Å². The lowest BCUT2D eigenvalue weighted by atomic mass is 10.2. The average molecular weight is 344 g/mol. The Labute approximate surface area is 143 Å². The van der Waals surface area contributed by atoms with Gasteiger partial charge in [-0.25, -0.2) is 4.79 Å². The molecule has 6 nitrogen and oxygen atoms in total. The molecule has 2 rings (SSSR count). The van der Waals surface area contributed by atoms with Gasteiger partial charge in [0.05, 0.1) is 12.7 Å². The summed E-state index contributed by atoms with van der Waals surface area (Å²) >= 11 is 1.01. The molecule has 24 heavy (non-hydrogen) atoms. The number of nitrogens with one attached hydrogen (secondary N) is 1. The summed E-state index contributed by atoms with van der Waals surface area (Å²) in [6, 6.07) is 9.33. The number of nitrogens with zero attached hydrogens (tertiary/aromatic N) is 1. The molecule has 7 heteroatoms. The molecule has 1 heterocycles. The Kier molecular flexibility index (Phi) is 5.55. The Hall–Kier alpha value is -2.85. The fourth-order valence-electron chi connectivity index (χ4n) is 2.04. The number of methoxy groups -OCH3 is 1. The van der Waals surface area contributed by atoms with Crippen molar-refractivity contribution >= 4 is 28.2 Å². The molecule has 0 aliphatic rings. The van der Waals surface area contributed by atoms with Crippen molar-refractivity contribution in [3.05, 3.63) is 45.8 Å². The first-order valence-electron chi connectivity index (χ1n) is 7.07. The third-order valence-corrected chi connectivity index (χ3v) is 4.43. The van der Waals surface area contributed by atoms with Crippen LogP contribution in [-0.4, -0.2) is 25.6 Å². The minimum Gasteiger partial charge on any atom is -0.484 e. The van der Waals surface area contributed by atoms with Gasteiger partial charge in [0, 0.05) is 0 Å². The first-order chi connectivity index (χ1) is 11.5. The fourth-order valence-corrected chi connectivity index (χ4v) is 3.13. The summed E-state index contributed by atoms with van der Waals surface area (Å²) < 4.78 is 10.1. The van der Waals surface area contributed by atoms with Gasteiger partial charge in [-0.1, -0.05) is 12.1 Å². The average Bonchev–Trinajstić information content (AvgIpc) is 2.87.